The Hall–Kier alpha value is -0.280. The van der Waals surface area contributed by atoms with Gasteiger partial charge >= 0.3 is 0 Å². The van der Waals surface area contributed by atoms with Gasteiger partial charge in [0.1, 0.15) is 0 Å². The third-order valence-corrected chi connectivity index (χ3v) is 3.74. The highest BCUT2D eigenvalue weighted by molar-refractivity contribution is 6.35. The lowest BCUT2D eigenvalue weighted by atomic mass is 9.89. The van der Waals surface area contributed by atoms with Crippen molar-refractivity contribution in [2.24, 2.45) is 5.41 Å². The first kappa shape index (κ1) is 15.1. The lowest BCUT2D eigenvalue weighted by Gasteiger charge is -2.27. The minimum Gasteiger partial charge on any atom is -0.343 e. The fraction of sp³-hybridized carbons (Fsp3) is 0.600. The third-order valence-electron chi connectivity index (χ3n) is 3.20. The van der Waals surface area contributed by atoms with E-state index in [1.807, 2.05) is 13.0 Å². The molecule has 0 amide bonds. The number of benzene rings is 1. The van der Waals surface area contributed by atoms with Crippen LogP contribution in [0.3, 0.4) is 0 Å². The summed E-state index contributed by atoms with van der Waals surface area (Å²) < 4.78 is 11.9. The zero-order valence-corrected chi connectivity index (χ0v) is 13.3. The van der Waals surface area contributed by atoms with Crippen molar-refractivity contribution in [1.82, 2.24) is 0 Å². The van der Waals surface area contributed by atoms with Crippen molar-refractivity contribution in [3.8, 4) is 0 Å². The second-order valence-electron chi connectivity index (χ2n) is 6.39. The molecular weight excluding hydrogens is 283 g/mol. The van der Waals surface area contributed by atoms with E-state index in [0.717, 1.165) is 12.0 Å². The molecule has 0 bridgehead atoms. The Labute approximate surface area is 125 Å². The van der Waals surface area contributed by atoms with Crippen LogP contribution in [0.4, 0.5) is 0 Å². The molecule has 0 N–H and O–H groups in total. The van der Waals surface area contributed by atoms with Crippen LogP contribution in [-0.4, -0.2) is 12.7 Å². The number of halogens is 2. The molecule has 0 aliphatic carbocycles. The first-order chi connectivity index (χ1) is 8.70. The number of hydrogen-bond donors (Lipinski definition) is 0. The van der Waals surface area contributed by atoms with Crippen molar-refractivity contribution in [1.29, 1.82) is 0 Å². The molecule has 0 radical (unpaired) electrons. The first-order valence-corrected chi connectivity index (χ1v) is 7.22. The molecule has 2 atom stereocenters. The van der Waals surface area contributed by atoms with Gasteiger partial charge in [-0.15, -0.1) is 0 Å². The van der Waals surface area contributed by atoms with Gasteiger partial charge in [0, 0.05) is 10.6 Å². The van der Waals surface area contributed by atoms with Crippen LogP contribution in [0.15, 0.2) is 18.2 Å². The molecular formula is C15H20Cl2O2. The minimum atomic E-state index is -0.780. The van der Waals surface area contributed by atoms with Gasteiger partial charge in [0.05, 0.1) is 17.7 Å². The lowest BCUT2D eigenvalue weighted by molar-refractivity contribution is -0.164. The second kappa shape index (κ2) is 5.25. The molecule has 0 aromatic heterocycles. The van der Waals surface area contributed by atoms with E-state index in [2.05, 4.69) is 20.8 Å². The normalized spacial score (nSPS) is 27.8. The van der Waals surface area contributed by atoms with Crippen LogP contribution in [0.5, 0.6) is 0 Å². The van der Waals surface area contributed by atoms with Crippen LogP contribution in [0.1, 0.15) is 39.7 Å². The Morgan fingerprint density at radius 1 is 1.32 bits per heavy atom. The number of ether oxygens (including phenoxy) is 2. The topological polar surface area (TPSA) is 18.5 Å². The summed E-state index contributed by atoms with van der Waals surface area (Å²) in [5.41, 5.74) is 1.04. The summed E-state index contributed by atoms with van der Waals surface area (Å²) in [6.07, 6.45) is 1.05. The van der Waals surface area contributed by atoms with E-state index in [4.69, 9.17) is 32.7 Å². The summed E-state index contributed by atoms with van der Waals surface area (Å²) in [5.74, 6) is -0.780. The molecule has 19 heavy (non-hydrogen) atoms. The van der Waals surface area contributed by atoms with Crippen molar-refractivity contribution < 1.29 is 9.47 Å². The zero-order valence-electron chi connectivity index (χ0n) is 11.8. The molecule has 1 aromatic carbocycles. The summed E-state index contributed by atoms with van der Waals surface area (Å²) in [4.78, 5) is 0. The van der Waals surface area contributed by atoms with Crippen molar-refractivity contribution in [3.63, 3.8) is 0 Å². The van der Waals surface area contributed by atoms with Gasteiger partial charge in [-0.05, 0) is 30.9 Å². The molecule has 2 rings (SSSR count). The maximum absolute atomic E-state index is 6.24. The van der Waals surface area contributed by atoms with Crippen LogP contribution in [-0.2, 0) is 15.3 Å². The molecule has 1 aliphatic rings. The average molecular weight is 303 g/mol. The van der Waals surface area contributed by atoms with Gasteiger partial charge in [-0.2, -0.15) is 0 Å². The molecule has 1 heterocycles. The maximum Gasteiger partial charge on any atom is 0.193 e. The van der Waals surface area contributed by atoms with Crippen LogP contribution < -0.4 is 0 Å². The molecule has 106 valence electrons. The molecule has 1 unspecified atom stereocenters. The lowest BCUT2D eigenvalue weighted by Crippen LogP contribution is -2.26. The third kappa shape index (κ3) is 3.63. The Balaban J connectivity index is 2.17. The summed E-state index contributed by atoms with van der Waals surface area (Å²) in [7, 11) is 0. The highest BCUT2D eigenvalue weighted by atomic mass is 35.5. The van der Waals surface area contributed by atoms with Crippen LogP contribution in [0.2, 0.25) is 10.0 Å². The smallest absolute Gasteiger partial charge is 0.193 e. The van der Waals surface area contributed by atoms with Gasteiger partial charge in [0.2, 0.25) is 0 Å². The van der Waals surface area contributed by atoms with E-state index in [1.54, 1.807) is 12.1 Å². The van der Waals surface area contributed by atoms with Gasteiger partial charge in [-0.1, -0.05) is 50.0 Å². The quantitative estimate of drug-likeness (QED) is 0.764. The SMILES string of the molecule is CC(C)(C)CC1CO[C@@](C)(c2ccc(Cl)cc2Cl)O1. The summed E-state index contributed by atoms with van der Waals surface area (Å²) >= 11 is 12.2. The van der Waals surface area contributed by atoms with E-state index in [-0.39, 0.29) is 11.5 Å². The van der Waals surface area contributed by atoms with E-state index < -0.39 is 5.79 Å². The van der Waals surface area contributed by atoms with Crippen LogP contribution >= 0.6 is 23.2 Å². The Morgan fingerprint density at radius 2 is 2.00 bits per heavy atom. The molecule has 1 aliphatic heterocycles. The van der Waals surface area contributed by atoms with Crippen molar-refractivity contribution >= 4 is 23.2 Å². The largest absolute Gasteiger partial charge is 0.343 e. The molecule has 2 nitrogen and oxygen atoms in total. The highest BCUT2D eigenvalue weighted by Crippen LogP contribution is 2.40. The van der Waals surface area contributed by atoms with Gasteiger partial charge < -0.3 is 9.47 Å². The Bertz CT molecular complexity index is 468. The fourth-order valence-corrected chi connectivity index (χ4v) is 3.00. The molecule has 0 spiro atoms. The number of hydrogen-bond acceptors (Lipinski definition) is 2. The molecule has 4 heteroatoms. The van der Waals surface area contributed by atoms with E-state index in [0.29, 0.717) is 16.7 Å². The standard InChI is InChI=1S/C15H20Cl2O2/c1-14(2,3)8-11-9-18-15(4,19-11)12-6-5-10(16)7-13(12)17/h5-7,11H,8-9H2,1-4H3/t11?,15-/m1/s1. The van der Waals surface area contributed by atoms with Crippen molar-refractivity contribution in [2.75, 3.05) is 6.61 Å². The minimum absolute atomic E-state index is 0.0942. The van der Waals surface area contributed by atoms with Crippen LogP contribution in [0, 0.1) is 5.41 Å². The maximum atomic E-state index is 6.24. The van der Waals surface area contributed by atoms with Gasteiger partial charge in [-0.3, -0.25) is 0 Å². The summed E-state index contributed by atoms with van der Waals surface area (Å²) in [6.45, 7) is 9.08. The predicted molar refractivity (Wildman–Crippen MR) is 78.7 cm³/mol. The molecule has 1 saturated heterocycles. The Morgan fingerprint density at radius 3 is 2.58 bits per heavy atom. The zero-order chi connectivity index (χ0) is 14.3. The molecule has 1 aromatic rings. The first-order valence-electron chi connectivity index (χ1n) is 6.47. The highest BCUT2D eigenvalue weighted by Gasteiger charge is 2.41. The molecule has 0 saturated carbocycles. The van der Waals surface area contributed by atoms with Gasteiger partial charge in [0.25, 0.3) is 0 Å². The van der Waals surface area contributed by atoms with Crippen molar-refractivity contribution in [3.05, 3.63) is 33.8 Å². The van der Waals surface area contributed by atoms with Crippen molar-refractivity contribution in [2.45, 2.75) is 46.0 Å². The fourth-order valence-electron chi connectivity index (χ4n) is 2.42. The Kier molecular flexibility index (Phi) is 4.18. The average Bonchev–Trinajstić information content (AvgIpc) is 2.57. The summed E-state index contributed by atoms with van der Waals surface area (Å²) in [5, 5.41) is 1.19. The second-order valence-corrected chi connectivity index (χ2v) is 7.23. The van der Waals surface area contributed by atoms with E-state index >= 15 is 0 Å². The van der Waals surface area contributed by atoms with Gasteiger partial charge in [0.15, 0.2) is 5.79 Å². The van der Waals surface area contributed by atoms with Gasteiger partial charge in [-0.25, -0.2) is 0 Å². The molecule has 1 fully saturated rings. The monoisotopic (exact) mass is 302 g/mol. The van der Waals surface area contributed by atoms with E-state index in [1.165, 1.54) is 0 Å². The number of rotatable bonds is 2. The summed E-state index contributed by atoms with van der Waals surface area (Å²) in [6, 6.07) is 5.38. The predicted octanol–water partition coefficient (Wildman–Crippen LogP) is 5.02. The van der Waals surface area contributed by atoms with Crippen LogP contribution in [0.25, 0.3) is 0 Å². The van der Waals surface area contributed by atoms with E-state index in [9.17, 15) is 0 Å².